The zero-order valence-electron chi connectivity index (χ0n) is 9.50. The minimum absolute atomic E-state index is 0.0980. The summed E-state index contributed by atoms with van der Waals surface area (Å²) in [5.41, 5.74) is 0.542. The van der Waals surface area contributed by atoms with Gasteiger partial charge in [-0.15, -0.1) is 0 Å². The normalized spacial score (nSPS) is 12.2. The van der Waals surface area contributed by atoms with Gasteiger partial charge in [-0.1, -0.05) is 23.7 Å². The maximum atomic E-state index is 11.8. The fourth-order valence-corrected chi connectivity index (χ4v) is 2.12. The summed E-state index contributed by atoms with van der Waals surface area (Å²) in [6.07, 6.45) is 3.03. The van der Waals surface area contributed by atoms with Gasteiger partial charge in [0.25, 0.3) is 5.91 Å². The molecule has 0 spiro atoms. The molecule has 1 atom stereocenters. The molecule has 4 heteroatoms. The van der Waals surface area contributed by atoms with Crippen LogP contribution in [0.2, 0.25) is 5.02 Å². The Balaban J connectivity index is 2.56. The molecule has 0 saturated heterocycles. The number of thioether (sulfide) groups is 1. The van der Waals surface area contributed by atoms with Crippen LogP contribution in [0.3, 0.4) is 0 Å². The van der Waals surface area contributed by atoms with Crippen molar-refractivity contribution >= 4 is 29.3 Å². The van der Waals surface area contributed by atoms with E-state index in [2.05, 4.69) is 11.6 Å². The van der Waals surface area contributed by atoms with Gasteiger partial charge in [-0.3, -0.25) is 4.79 Å². The lowest BCUT2D eigenvalue weighted by Crippen LogP contribution is -2.33. The fourth-order valence-electron chi connectivity index (χ4n) is 1.31. The number of benzene rings is 1. The van der Waals surface area contributed by atoms with E-state index in [1.807, 2.05) is 19.1 Å². The molecule has 0 saturated carbocycles. The van der Waals surface area contributed by atoms with Crippen molar-refractivity contribution in [3.63, 3.8) is 0 Å². The molecule has 0 fully saturated rings. The predicted octanol–water partition coefficient (Wildman–Crippen LogP) is 3.21. The van der Waals surface area contributed by atoms with Gasteiger partial charge in [0.1, 0.15) is 0 Å². The van der Waals surface area contributed by atoms with E-state index < -0.39 is 0 Å². The second-order valence-corrected chi connectivity index (χ2v) is 5.03. The quantitative estimate of drug-likeness (QED) is 0.878. The molecular weight excluding hydrogens is 242 g/mol. The van der Waals surface area contributed by atoms with Crippen LogP contribution in [-0.4, -0.2) is 24.0 Å². The van der Waals surface area contributed by atoms with Crippen LogP contribution in [0.4, 0.5) is 0 Å². The Morgan fingerprint density at radius 3 is 2.81 bits per heavy atom. The first-order valence-electron chi connectivity index (χ1n) is 5.19. The number of halogens is 1. The maximum absolute atomic E-state index is 11.8. The minimum Gasteiger partial charge on any atom is -0.350 e. The zero-order valence-corrected chi connectivity index (χ0v) is 11.1. The number of carbonyl (C=O) groups is 1. The van der Waals surface area contributed by atoms with Crippen LogP contribution in [0.25, 0.3) is 0 Å². The molecular formula is C12H16ClNOS. The molecule has 0 radical (unpaired) electrons. The third kappa shape index (κ3) is 4.06. The average molecular weight is 258 g/mol. The van der Waals surface area contributed by atoms with E-state index in [0.29, 0.717) is 10.6 Å². The summed E-state index contributed by atoms with van der Waals surface area (Å²) in [6, 6.07) is 7.27. The SMILES string of the molecule is CSCC[C@@H](C)NC(=O)c1ccccc1Cl. The van der Waals surface area contributed by atoms with Crippen molar-refractivity contribution in [3.8, 4) is 0 Å². The van der Waals surface area contributed by atoms with Gasteiger partial charge < -0.3 is 5.32 Å². The average Bonchev–Trinajstić information content (AvgIpc) is 2.26. The molecule has 0 aliphatic rings. The zero-order chi connectivity index (χ0) is 12.0. The second kappa shape index (κ2) is 6.81. The van der Waals surface area contributed by atoms with Gasteiger partial charge in [0, 0.05) is 6.04 Å². The highest BCUT2D eigenvalue weighted by atomic mass is 35.5. The van der Waals surface area contributed by atoms with E-state index >= 15 is 0 Å². The Labute approximate surface area is 106 Å². The van der Waals surface area contributed by atoms with Crippen LogP contribution >= 0.6 is 23.4 Å². The van der Waals surface area contributed by atoms with Crippen molar-refractivity contribution in [2.75, 3.05) is 12.0 Å². The molecule has 1 N–H and O–H groups in total. The Bertz CT molecular complexity index is 357. The van der Waals surface area contributed by atoms with Gasteiger partial charge in [0.15, 0.2) is 0 Å². The molecule has 0 aromatic heterocycles. The van der Waals surface area contributed by atoms with E-state index in [-0.39, 0.29) is 11.9 Å². The third-order valence-corrected chi connectivity index (χ3v) is 3.22. The number of rotatable bonds is 5. The molecule has 88 valence electrons. The van der Waals surface area contributed by atoms with Gasteiger partial charge in [-0.25, -0.2) is 0 Å². The van der Waals surface area contributed by atoms with Gasteiger partial charge in [0.05, 0.1) is 10.6 Å². The number of carbonyl (C=O) groups excluding carboxylic acids is 1. The Hall–Kier alpha value is -0.670. The van der Waals surface area contributed by atoms with Crippen LogP contribution in [0, 0.1) is 0 Å². The number of amides is 1. The molecule has 16 heavy (non-hydrogen) atoms. The molecule has 0 heterocycles. The smallest absolute Gasteiger partial charge is 0.252 e. The standard InChI is InChI=1S/C12H16ClNOS/c1-9(7-8-16-2)14-12(15)10-5-3-4-6-11(10)13/h3-6,9H,7-8H2,1-2H3,(H,14,15)/t9-/m1/s1. The highest BCUT2D eigenvalue weighted by Gasteiger charge is 2.11. The van der Waals surface area contributed by atoms with E-state index in [0.717, 1.165) is 12.2 Å². The number of nitrogens with one attached hydrogen (secondary N) is 1. The maximum Gasteiger partial charge on any atom is 0.252 e. The van der Waals surface area contributed by atoms with Crippen molar-refractivity contribution in [2.24, 2.45) is 0 Å². The molecule has 2 nitrogen and oxygen atoms in total. The van der Waals surface area contributed by atoms with Crippen molar-refractivity contribution in [3.05, 3.63) is 34.9 Å². The van der Waals surface area contributed by atoms with Crippen LogP contribution in [-0.2, 0) is 0 Å². The summed E-state index contributed by atoms with van der Waals surface area (Å²) in [6.45, 7) is 2.00. The summed E-state index contributed by atoms with van der Waals surface area (Å²) in [5, 5.41) is 3.43. The van der Waals surface area contributed by atoms with Crippen LogP contribution in [0.5, 0.6) is 0 Å². The first-order chi connectivity index (χ1) is 7.65. The van der Waals surface area contributed by atoms with E-state index in [1.165, 1.54) is 0 Å². The molecule has 0 bridgehead atoms. The lowest BCUT2D eigenvalue weighted by Gasteiger charge is -2.13. The van der Waals surface area contributed by atoms with E-state index in [9.17, 15) is 4.79 Å². The van der Waals surface area contributed by atoms with Gasteiger partial charge in [-0.2, -0.15) is 11.8 Å². The third-order valence-electron chi connectivity index (χ3n) is 2.25. The predicted molar refractivity (Wildman–Crippen MR) is 71.4 cm³/mol. The Morgan fingerprint density at radius 2 is 2.19 bits per heavy atom. The molecule has 1 aromatic carbocycles. The van der Waals surface area contributed by atoms with Crippen molar-refractivity contribution in [2.45, 2.75) is 19.4 Å². The summed E-state index contributed by atoms with van der Waals surface area (Å²) in [7, 11) is 0. The molecule has 0 aliphatic heterocycles. The van der Waals surface area contributed by atoms with Crippen molar-refractivity contribution in [1.29, 1.82) is 0 Å². The van der Waals surface area contributed by atoms with Crippen LogP contribution in [0.15, 0.2) is 24.3 Å². The van der Waals surface area contributed by atoms with E-state index in [1.54, 1.807) is 23.9 Å². The lowest BCUT2D eigenvalue weighted by molar-refractivity contribution is 0.0939. The van der Waals surface area contributed by atoms with Crippen LogP contribution in [0.1, 0.15) is 23.7 Å². The Kier molecular flexibility index (Phi) is 5.71. The molecule has 0 unspecified atom stereocenters. The van der Waals surface area contributed by atoms with Crippen LogP contribution < -0.4 is 5.32 Å². The monoisotopic (exact) mass is 257 g/mol. The van der Waals surface area contributed by atoms with Crippen molar-refractivity contribution in [1.82, 2.24) is 5.32 Å². The van der Waals surface area contributed by atoms with Gasteiger partial charge >= 0.3 is 0 Å². The fraction of sp³-hybridized carbons (Fsp3) is 0.417. The highest BCUT2D eigenvalue weighted by Crippen LogP contribution is 2.14. The molecule has 0 aliphatic carbocycles. The highest BCUT2D eigenvalue weighted by molar-refractivity contribution is 7.98. The molecule has 1 amide bonds. The molecule has 1 rings (SSSR count). The van der Waals surface area contributed by atoms with Gasteiger partial charge in [0.2, 0.25) is 0 Å². The molecule has 1 aromatic rings. The summed E-state index contributed by atoms with van der Waals surface area (Å²) in [4.78, 5) is 11.8. The largest absolute Gasteiger partial charge is 0.350 e. The summed E-state index contributed by atoms with van der Waals surface area (Å²) < 4.78 is 0. The summed E-state index contributed by atoms with van der Waals surface area (Å²) in [5.74, 6) is 0.948. The summed E-state index contributed by atoms with van der Waals surface area (Å²) >= 11 is 7.72. The second-order valence-electron chi connectivity index (χ2n) is 3.64. The number of hydrogen-bond acceptors (Lipinski definition) is 2. The minimum atomic E-state index is -0.0980. The Morgan fingerprint density at radius 1 is 1.50 bits per heavy atom. The lowest BCUT2D eigenvalue weighted by atomic mass is 10.2. The first-order valence-corrected chi connectivity index (χ1v) is 6.96. The van der Waals surface area contributed by atoms with Crippen molar-refractivity contribution < 1.29 is 4.79 Å². The van der Waals surface area contributed by atoms with Gasteiger partial charge in [-0.05, 0) is 37.5 Å². The number of hydrogen-bond donors (Lipinski definition) is 1. The first kappa shape index (κ1) is 13.4. The topological polar surface area (TPSA) is 29.1 Å². The van der Waals surface area contributed by atoms with E-state index in [4.69, 9.17) is 11.6 Å².